The molecule has 1 aliphatic heterocycles. The number of hydrogen-bond acceptors (Lipinski definition) is 7. The Kier molecular flexibility index (Phi) is 5.85. The van der Waals surface area contributed by atoms with Crippen LogP contribution in [0.4, 0.5) is 5.82 Å². The van der Waals surface area contributed by atoms with Gasteiger partial charge in [0.15, 0.2) is 11.5 Å². The number of aliphatic hydroxyl groups is 1. The minimum absolute atomic E-state index is 0.0576. The summed E-state index contributed by atoms with van der Waals surface area (Å²) in [5, 5.41) is 14.9. The predicted octanol–water partition coefficient (Wildman–Crippen LogP) is 3.41. The van der Waals surface area contributed by atoms with E-state index in [0.29, 0.717) is 41.5 Å². The molecule has 9 heteroatoms. The third-order valence-electron chi connectivity index (χ3n) is 5.99. The monoisotopic (exact) mass is 458 g/mol. The lowest BCUT2D eigenvalue weighted by Gasteiger charge is -2.33. The van der Waals surface area contributed by atoms with Crippen molar-refractivity contribution in [2.75, 3.05) is 18.8 Å². The van der Waals surface area contributed by atoms with Gasteiger partial charge in [-0.15, -0.1) is 0 Å². The molecule has 0 radical (unpaired) electrons. The number of likely N-dealkylation sites (tertiary alicyclic amines) is 1. The zero-order valence-corrected chi connectivity index (χ0v) is 18.8. The van der Waals surface area contributed by atoms with Crippen molar-refractivity contribution in [3.8, 4) is 22.9 Å². The fourth-order valence-electron chi connectivity index (χ4n) is 4.26. The van der Waals surface area contributed by atoms with E-state index in [4.69, 9.17) is 15.5 Å². The zero-order valence-electron chi connectivity index (χ0n) is 18.8. The maximum atomic E-state index is 12.3. The fourth-order valence-corrected chi connectivity index (χ4v) is 4.26. The van der Waals surface area contributed by atoms with Gasteiger partial charge in [-0.2, -0.15) is 5.10 Å². The van der Waals surface area contributed by atoms with Crippen LogP contribution in [0.15, 0.2) is 60.8 Å². The van der Waals surface area contributed by atoms with Crippen LogP contribution in [0.2, 0.25) is 0 Å². The highest BCUT2D eigenvalue weighted by molar-refractivity contribution is 5.87. The molecule has 9 nitrogen and oxygen atoms in total. The molecule has 34 heavy (non-hydrogen) atoms. The highest BCUT2D eigenvalue weighted by Crippen LogP contribution is 2.30. The lowest BCUT2D eigenvalue weighted by Crippen LogP contribution is -2.44. The van der Waals surface area contributed by atoms with Gasteiger partial charge in [0.05, 0.1) is 17.6 Å². The molecule has 1 unspecified atom stereocenters. The molecule has 0 aliphatic carbocycles. The number of hydrogen-bond donors (Lipinski definition) is 2. The molecule has 1 amide bonds. The number of nitrogen functional groups attached to an aromatic ring is 1. The van der Waals surface area contributed by atoms with E-state index >= 15 is 0 Å². The van der Waals surface area contributed by atoms with Gasteiger partial charge in [0.25, 0.3) is 5.91 Å². The molecule has 4 aromatic rings. The van der Waals surface area contributed by atoms with Gasteiger partial charge in [0, 0.05) is 18.7 Å². The molecular formula is C25H26N6O3. The van der Waals surface area contributed by atoms with Crippen LogP contribution in [0.1, 0.15) is 25.8 Å². The van der Waals surface area contributed by atoms with Crippen LogP contribution >= 0.6 is 0 Å². The Labute approximate surface area is 196 Å². The van der Waals surface area contributed by atoms with E-state index in [9.17, 15) is 9.90 Å². The Balaban J connectivity index is 1.43. The van der Waals surface area contributed by atoms with Crippen molar-refractivity contribution < 1.29 is 14.6 Å². The SMILES string of the molecule is CC(O)C(=O)N1CCC[C@@H](n2ncc3c(N)nc(-c4ccc(Oc5ccccc5)cc4)nc32)C1. The number of para-hydroxylation sites is 1. The van der Waals surface area contributed by atoms with Crippen LogP contribution in [-0.4, -0.2) is 54.9 Å². The van der Waals surface area contributed by atoms with Crippen molar-refractivity contribution in [1.82, 2.24) is 24.6 Å². The number of benzene rings is 2. The van der Waals surface area contributed by atoms with Crippen molar-refractivity contribution >= 4 is 22.8 Å². The number of piperidine rings is 1. The summed E-state index contributed by atoms with van der Waals surface area (Å²) in [6.45, 7) is 2.58. The number of nitrogens with zero attached hydrogens (tertiary/aromatic N) is 5. The third-order valence-corrected chi connectivity index (χ3v) is 5.99. The molecule has 3 heterocycles. The van der Waals surface area contributed by atoms with E-state index in [1.807, 2.05) is 59.3 Å². The smallest absolute Gasteiger partial charge is 0.251 e. The van der Waals surface area contributed by atoms with E-state index in [-0.39, 0.29) is 11.9 Å². The van der Waals surface area contributed by atoms with Crippen molar-refractivity contribution in [3.63, 3.8) is 0 Å². The molecule has 2 atom stereocenters. The summed E-state index contributed by atoms with van der Waals surface area (Å²) in [7, 11) is 0. The highest BCUT2D eigenvalue weighted by atomic mass is 16.5. The van der Waals surface area contributed by atoms with Gasteiger partial charge >= 0.3 is 0 Å². The van der Waals surface area contributed by atoms with Crippen molar-refractivity contribution in [1.29, 1.82) is 0 Å². The van der Waals surface area contributed by atoms with Gasteiger partial charge in [-0.1, -0.05) is 18.2 Å². The van der Waals surface area contributed by atoms with E-state index in [1.165, 1.54) is 6.92 Å². The van der Waals surface area contributed by atoms with Crippen LogP contribution < -0.4 is 10.5 Å². The number of nitrogens with two attached hydrogens (primary N) is 1. The predicted molar refractivity (Wildman–Crippen MR) is 128 cm³/mol. The molecular weight excluding hydrogens is 432 g/mol. The van der Waals surface area contributed by atoms with Crippen LogP contribution in [0.3, 0.4) is 0 Å². The molecule has 1 aliphatic rings. The Morgan fingerprint density at radius 3 is 2.59 bits per heavy atom. The summed E-state index contributed by atoms with van der Waals surface area (Å²) >= 11 is 0. The average molecular weight is 459 g/mol. The summed E-state index contributed by atoms with van der Waals surface area (Å²) in [6, 6.07) is 17.0. The number of ether oxygens (including phenoxy) is 1. The first-order valence-electron chi connectivity index (χ1n) is 11.3. The Bertz CT molecular complexity index is 1300. The van der Waals surface area contributed by atoms with E-state index in [1.54, 1.807) is 11.1 Å². The number of carbonyl (C=O) groups excluding carboxylic acids is 1. The van der Waals surface area contributed by atoms with Crippen molar-refractivity contribution in [3.05, 3.63) is 60.8 Å². The second kappa shape index (κ2) is 9.11. The van der Waals surface area contributed by atoms with Gasteiger partial charge < -0.3 is 20.5 Å². The molecule has 1 fully saturated rings. The minimum atomic E-state index is -1.02. The van der Waals surface area contributed by atoms with Crippen LogP contribution in [-0.2, 0) is 4.79 Å². The summed E-state index contributed by atoms with van der Waals surface area (Å²) in [5.41, 5.74) is 7.69. The first kappa shape index (κ1) is 21.8. The second-order valence-corrected chi connectivity index (χ2v) is 8.45. The number of aromatic nitrogens is 4. The third kappa shape index (κ3) is 4.29. The zero-order chi connectivity index (χ0) is 23.7. The van der Waals surface area contributed by atoms with Gasteiger partial charge in [0.1, 0.15) is 23.4 Å². The second-order valence-electron chi connectivity index (χ2n) is 8.45. The fraction of sp³-hybridized carbons (Fsp3) is 0.280. The summed E-state index contributed by atoms with van der Waals surface area (Å²) in [6.07, 6.45) is 2.32. The molecule has 3 N–H and O–H groups in total. The number of rotatable bonds is 5. The summed E-state index contributed by atoms with van der Waals surface area (Å²) < 4.78 is 7.69. The highest BCUT2D eigenvalue weighted by Gasteiger charge is 2.28. The van der Waals surface area contributed by atoms with E-state index in [0.717, 1.165) is 24.2 Å². The van der Waals surface area contributed by atoms with Gasteiger partial charge in [-0.25, -0.2) is 14.6 Å². The number of anilines is 1. The Hall–Kier alpha value is -3.98. The number of fused-ring (bicyclic) bond motifs is 1. The number of carbonyl (C=O) groups is 1. The van der Waals surface area contributed by atoms with Crippen LogP contribution in [0.5, 0.6) is 11.5 Å². The molecule has 174 valence electrons. The van der Waals surface area contributed by atoms with Gasteiger partial charge in [-0.3, -0.25) is 4.79 Å². The largest absolute Gasteiger partial charge is 0.457 e. The lowest BCUT2D eigenvalue weighted by molar-refractivity contribution is -0.141. The molecule has 2 aromatic heterocycles. The molecule has 1 saturated heterocycles. The first-order chi connectivity index (χ1) is 16.5. The molecule has 2 aromatic carbocycles. The molecule has 0 bridgehead atoms. The maximum Gasteiger partial charge on any atom is 0.251 e. The Morgan fingerprint density at radius 1 is 1.12 bits per heavy atom. The maximum absolute atomic E-state index is 12.3. The standard InChI is InChI=1S/C25H26N6O3/c1-16(32)25(33)30-13-5-6-18(15-30)31-24-21(14-27-31)22(26)28-23(29-24)17-9-11-20(12-10-17)34-19-7-3-2-4-8-19/h2-4,7-12,14,16,18,32H,5-6,13,15H2,1H3,(H2,26,28,29)/t16?,18-/m1/s1. The normalized spacial score (nSPS) is 17.0. The summed E-state index contributed by atoms with van der Waals surface area (Å²) in [5.74, 6) is 2.04. The average Bonchev–Trinajstić information content (AvgIpc) is 3.29. The van der Waals surface area contributed by atoms with Gasteiger partial charge in [-0.05, 0) is 56.2 Å². The van der Waals surface area contributed by atoms with E-state index in [2.05, 4.69) is 10.1 Å². The number of amides is 1. The lowest BCUT2D eigenvalue weighted by atomic mass is 10.1. The molecule has 5 rings (SSSR count). The molecule has 0 spiro atoms. The minimum Gasteiger partial charge on any atom is -0.457 e. The summed E-state index contributed by atoms with van der Waals surface area (Å²) in [4.78, 5) is 23.2. The quantitative estimate of drug-likeness (QED) is 0.470. The molecule has 0 saturated carbocycles. The topological polar surface area (TPSA) is 119 Å². The van der Waals surface area contributed by atoms with E-state index < -0.39 is 6.10 Å². The Morgan fingerprint density at radius 2 is 1.85 bits per heavy atom. The van der Waals surface area contributed by atoms with Crippen molar-refractivity contribution in [2.45, 2.75) is 31.9 Å². The van der Waals surface area contributed by atoms with Crippen LogP contribution in [0, 0.1) is 0 Å². The van der Waals surface area contributed by atoms with Gasteiger partial charge in [0.2, 0.25) is 0 Å². The van der Waals surface area contributed by atoms with Crippen molar-refractivity contribution in [2.24, 2.45) is 0 Å². The van der Waals surface area contributed by atoms with Crippen LogP contribution in [0.25, 0.3) is 22.4 Å². The first-order valence-corrected chi connectivity index (χ1v) is 11.3. The number of aliphatic hydroxyl groups excluding tert-OH is 1.